The van der Waals surface area contributed by atoms with Gasteiger partial charge in [-0.15, -0.1) is 10.2 Å². The summed E-state index contributed by atoms with van der Waals surface area (Å²) in [6, 6.07) is 5.80. The third-order valence-electron chi connectivity index (χ3n) is 4.53. The molecule has 0 saturated heterocycles. The maximum atomic E-state index is 12.9. The minimum atomic E-state index is -0.249. The molecule has 1 saturated carbocycles. The smallest absolute Gasteiger partial charge is 0.290 e. The molecule has 0 radical (unpaired) electrons. The molecule has 4 rings (SSSR count). The zero-order valence-corrected chi connectivity index (χ0v) is 14.5. The highest BCUT2D eigenvalue weighted by Gasteiger charge is 2.35. The van der Waals surface area contributed by atoms with Crippen LogP contribution in [0.25, 0.3) is 5.78 Å². The Balaban J connectivity index is 1.67. The zero-order valence-electron chi connectivity index (χ0n) is 14.5. The molecule has 1 amide bonds. The lowest BCUT2D eigenvalue weighted by Gasteiger charge is -2.17. The van der Waals surface area contributed by atoms with Crippen molar-refractivity contribution in [1.29, 1.82) is 0 Å². The van der Waals surface area contributed by atoms with Crippen molar-refractivity contribution in [1.82, 2.24) is 29.9 Å². The van der Waals surface area contributed by atoms with Crippen molar-refractivity contribution < 1.29 is 4.79 Å². The van der Waals surface area contributed by atoms with Gasteiger partial charge in [0, 0.05) is 17.6 Å². The Morgan fingerprint density at radius 2 is 2.04 bits per heavy atom. The quantitative estimate of drug-likeness (QED) is 0.790. The van der Waals surface area contributed by atoms with Crippen LogP contribution in [0.15, 0.2) is 24.4 Å². The van der Waals surface area contributed by atoms with Gasteiger partial charge in [-0.3, -0.25) is 14.2 Å². The van der Waals surface area contributed by atoms with Gasteiger partial charge in [0.1, 0.15) is 0 Å². The van der Waals surface area contributed by atoms with Crippen LogP contribution in [0.1, 0.15) is 52.1 Å². The first-order valence-electron chi connectivity index (χ1n) is 8.46. The van der Waals surface area contributed by atoms with Crippen LogP contribution in [0.2, 0.25) is 0 Å². The van der Waals surface area contributed by atoms with E-state index in [1.807, 2.05) is 39.0 Å². The van der Waals surface area contributed by atoms with Gasteiger partial charge in [-0.05, 0) is 63.3 Å². The van der Waals surface area contributed by atoms with Gasteiger partial charge in [0.2, 0.25) is 5.82 Å². The second-order valence-electron chi connectivity index (χ2n) is 6.74. The van der Waals surface area contributed by atoms with Crippen molar-refractivity contribution in [2.24, 2.45) is 5.92 Å². The molecule has 3 aromatic rings. The fourth-order valence-electron chi connectivity index (χ4n) is 3.18. The molecule has 1 atom stereocenters. The Hall–Kier alpha value is -2.83. The number of carbonyl (C=O) groups excluding carboxylic acids is 1. The number of nitrogens with one attached hydrogen (secondary N) is 1. The van der Waals surface area contributed by atoms with Crippen LogP contribution in [0, 0.1) is 26.7 Å². The Kier molecular flexibility index (Phi) is 3.71. The van der Waals surface area contributed by atoms with Crippen molar-refractivity contribution in [2.75, 3.05) is 0 Å². The minimum Gasteiger partial charge on any atom is -0.341 e. The van der Waals surface area contributed by atoms with Crippen LogP contribution in [-0.4, -0.2) is 30.5 Å². The average molecular weight is 336 g/mol. The lowest BCUT2D eigenvalue weighted by molar-refractivity contribution is 0.0918. The predicted octanol–water partition coefficient (Wildman–Crippen LogP) is 2.33. The Labute approximate surface area is 145 Å². The first kappa shape index (κ1) is 15.7. The summed E-state index contributed by atoms with van der Waals surface area (Å²) >= 11 is 0. The number of fused-ring (bicyclic) bond motifs is 1. The summed E-state index contributed by atoms with van der Waals surface area (Å²) in [5.74, 6) is 0.887. The second kappa shape index (κ2) is 5.91. The zero-order chi connectivity index (χ0) is 17.6. The van der Waals surface area contributed by atoms with Crippen LogP contribution in [-0.2, 0) is 0 Å². The number of rotatable bonds is 4. The fraction of sp³-hybridized carbons (Fsp3) is 0.389. The van der Waals surface area contributed by atoms with E-state index in [2.05, 4.69) is 25.5 Å². The molecule has 3 aromatic heterocycles. The van der Waals surface area contributed by atoms with Gasteiger partial charge in [0.25, 0.3) is 11.7 Å². The van der Waals surface area contributed by atoms with Gasteiger partial charge >= 0.3 is 0 Å². The summed E-state index contributed by atoms with van der Waals surface area (Å²) in [6.07, 6.45) is 3.98. The van der Waals surface area contributed by atoms with E-state index in [-0.39, 0.29) is 17.8 Å². The van der Waals surface area contributed by atoms with E-state index in [4.69, 9.17) is 0 Å². The first-order valence-corrected chi connectivity index (χ1v) is 8.46. The molecule has 1 N–H and O–H groups in total. The van der Waals surface area contributed by atoms with Gasteiger partial charge in [-0.1, -0.05) is 0 Å². The monoisotopic (exact) mass is 336 g/mol. The van der Waals surface area contributed by atoms with Crippen LogP contribution in [0.5, 0.6) is 0 Å². The Morgan fingerprint density at radius 1 is 1.24 bits per heavy atom. The van der Waals surface area contributed by atoms with E-state index < -0.39 is 0 Å². The fourth-order valence-corrected chi connectivity index (χ4v) is 3.18. The second-order valence-corrected chi connectivity index (χ2v) is 6.74. The molecular formula is C18H20N6O. The highest BCUT2D eigenvalue weighted by molar-refractivity contribution is 5.91. The number of nitrogens with zero attached hydrogens (tertiary/aromatic N) is 5. The normalized spacial score (nSPS) is 15.3. The van der Waals surface area contributed by atoms with E-state index in [9.17, 15) is 4.79 Å². The molecule has 0 bridgehead atoms. The molecule has 25 heavy (non-hydrogen) atoms. The van der Waals surface area contributed by atoms with E-state index in [0.29, 0.717) is 11.7 Å². The molecule has 0 spiro atoms. The summed E-state index contributed by atoms with van der Waals surface area (Å²) in [5, 5.41) is 11.2. The number of hydrogen-bond acceptors (Lipinski definition) is 5. The number of carbonyl (C=O) groups is 1. The Bertz CT molecular complexity index is 959. The Morgan fingerprint density at radius 3 is 2.76 bits per heavy atom. The largest absolute Gasteiger partial charge is 0.341 e. The van der Waals surface area contributed by atoms with Crippen molar-refractivity contribution in [3.05, 3.63) is 52.9 Å². The predicted molar refractivity (Wildman–Crippen MR) is 92.2 cm³/mol. The third-order valence-corrected chi connectivity index (χ3v) is 4.53. The molecule has 0 unspecified atom stereocenters. The van der Waals surface area contributed by atoms with Gasteiger partial charge in [-0.25, -0.2) is 4.98 Å². The van der Waals surface area contributed by atoms with E-state index in [1.54, 1.807) is 10.6 Å². The number of aryl methyl sites for hydroxylation is 3. The van der Waals surface area contributed by atoms with E-state index in [0.717, 1.165) is 35.5 Å². The van der Waals surface area contributed by atoms with Gasteiger partial charge in [0.15, 0.2) is 0 Å². The molecule has 0 aromatic carbocycles. The van der Waals surface area contributed by atoms with Crippen molar-refractivity contribution >= 4 is 11.7 Å². The van der Waals surface area contributed by atoms with Crippen LogP contribution < -0.4 is 5.32 Å². The summed E-state index contributed by atoms with van der Waals surface area (Å²) in [7, 11) is 0. The lowest BCUT2D eigenvalue weighted by atomic mass is 10.1. The molecular weight excluding hydrogens is 316 g/mol. The topological polar surface area (TPSA) is 85.1 Å². The summed E-state index contributed by atoms with van der Waals surface area (Å²) in [6.45, 7) is 5.84. The standard InChI is InChI=1S/C18H20N6O/c1-10-6-7-19-14(8-10)15(13-4-5-13)21-17(25)16-22-23-18-20-11(2)9-12(3)24(16)18/h6-9,13,15H,4-5H2,1-3H3,(H,21,25)/t15-/m0/s1. The highest BCUT2D eigenvalue weighted by atomic mass is 16.2. The maximum Gasteiger partial charge on any atom is 0.290 e. The third kappa shape index (κ3) is 2.97. The molecule has 128 valence electrons. The molecule has 1 aliphatic rings. The molecule has 7 nitrogen and oxygen atoms in total. The number of aromatic nitrogens is 5. The molecule has 0 aliphatic heterocycles. The van der Waals surface area contributed by atoms with Crippen molar-refractivity contribution in [3.63, 3.8) is 0 Å². The number of pyridine rings is 1. The molecule has 7 heteroatoms. The highest BCUT2D eigenvalue weighted by Crippen LogP contribution is 2.40. The van der Waals surface area contributed by atoms with Gasteiger partial charge in [-0.2, -0.15) is 0 Å². The molecule has 1 aliphatic carbocycles. The summed E-state index contributed by atoms with van der Waals surface area (Å²) in [4.78, 5) is 21.7. The average Bonchev–Trinajstić information content (AvgIpc) is 3.31. The molecule has 1 fully saturated rings. The van der Waals surface area contributed by atoms with Crippen molar-refractivity contribution in [2.45, 2.75) is 39.7 Å². The summed E-state index contributed by atoms with van der Waals surface area (Å²) < 4.78 is 1.69. The SMILES string of the molecule is Cc1ccnc([C@@H](NC(=O)c2nnc3nc(C)cc(C)n23)C2CC2)c1. The van der Waals surface area contributed by atoms with Crippen molar-refractivity contribution in [3.8, 4) is 0 Å². The van der Waals surface area contributed by atoms with Gasteiger partial charge < -0.3 is 5.32 Å². The van der Waals surface area contributed by atoms with Crippen LogP contribution >= 0.6 is 0 Å². The van der Waals surface area contributed by atoms with E-state index in [1.165, 1.54) is 0 Å². The summed E-state index contributed by atoms with van der Waals surface area (Å²) in [5.41, 5.74) is 3.77. The van der Waals surface area contributed by atoms with Crippen LogP contribution in [0.4, 0.5) is 0 Å². The van der Waals surface area contributed by atoms with Gasteiger partial charge in [0.05, 0.1) is 11.7 Å². The maximum absolute atomic E-state index is 12.9. The lowest BCUT2D eigenvalue weighted by Crippen LogP contribution is -2.32. The van der Waals surface area contributed by atoms with Crippen LogP contribution in [0.3, 0.4) is 0 Å². The number of hydrogen-bond donors (Lipinski definition) is 1. The number of amides is 1. The first-order chi connectivity index (χ1) is 12.0. The van der Waals surface area contributed by atoms with E-state index >= 15 is 0 Å². The minimum absolute atomic E-state index is 0.0986. The molecule has 3 heterocycles.